The van der Waals surface area contributed by atoms with Gasteiger partial charge in [-0.05, 0) is 47.5 Å². The van der Waals surface area contributed by atoms with Crippen LogP contribution in [0, 0.1) is 0 Å². The van der Waals surface area contributed by atoms with Crippen LogP contribution in [0.1, 0.15) is 28.8 Å². The van der Waals surface area contributed by atoms with Gasteiger partial charge in [-0.15, -0.1) is 0 Å². The van der Waals surface area contributed by atoms with Crippen molar-refractivity contribution >= 4 is 22.6 Å². The summed E-state index contributed by atoms with van der Waals surface area (Å²) in [6, 6.07) is 21.3. The molecule has 172 valence electrons. The molecule has 0 saturated carbocycles. The Labute approximate surface area is 194 Å². The van der Waals surface area contributed by atoms with Crippen LogP contribution in [0.4, 0.5) is 0 Å². The minimum Gasteiger partial charge on any atom is -0.497 e. The van der Waals surface area contributed by atoms with Gasteiger partial charge < -0.3 is 14.4 Å². The fourth-order valence-electron chi connectivity index (χ4n) is 4.11. The molecule has 0 unspecified atom stereocenters. The zero-order chi connectivity index (χ0) is 23.2. The third-order valence-corrected chi connectivity index (χ3v) is 6.26. The Balaban J connectivity index is 1.23. The van der Waals surface area contributed by atoms with Gasteiger partial charge in [-0.1, -0.05) is 42.5 Å². The van der Waals surface area contributed by atoms with Crippen molar-refractivity contribution in [3.05, 3.63) is 77.9 Å². The SMILES string of the molecule is COc1ccc2cc([C@H](C)C(=O)OCCN3CCN(C(=O)c4ccccc4)CC3)ccc2c1. The Morgan fingerprint density at radius 1 is 0.909 bits per heavy atom. The van der Waals surface area contributed by atoms with Crippen molar-refractivity contribution in [1.82, 2.24) is 9.80 Å². The highest BCUT2D eigenvalue weighted by Gasteiger charge is 2.23. The zero-order valence-electron chi connectivity index (χ0n) is 19.2. The van der Waals surface area contributed by atoms with E-state index in [0.29, 0.717) is 26.2 Å². The fraction of sp³-hybridized carbons (Fsp3) is 0.333. The van der Waals surface area contributed by atoms with E-state index in [2.05, 4.69) is 4.90 Å². The second-order valence-corrected chi connectivity index (χ2v) is 8.36. The summed E-state index contributed by atoms with van der Waals surface area (Å²) in [7, 11) is 1.65. The Kier molecular flexibility index (Phi) is 7.25. The smallest absolute Gasteiger partial charge is 0.313 e. The van der Waals surface area contributed by atoms with Gasteiger partial charge in [0.15, 0.2) is 0 Å². The molecule has 6 nitrogen and oxygen atoms in total. The number of carbonyl (C=O) groups excluding carboxylic acids is 2. The Hall–Kier alpha value is -3.38. The van der Waals surface area contributed by atoms with E-state index in [9.17, 15) is 9.59 Å². The number of nitrogens with zero attached hydrogens (tertiary/aromatic N) is 2. The molecular formula is C27H30N2O4. The predicted molar refractivity (Wildman–Crippen MR) is 129 cm³/mol. The molecule has 0 N–H and O–H groups in total. The van der Waals surface area contributed by atoms with E-state index in [1.54, 1.807) is 7.11 Å². The van der Waals surface area contributed by atoms with Gasteiger partial charge in [-0.25, -0.2) is 0 Å². The molecule has 0 spiro atoms. The van der Waals surface area contributed by atoms with Crippen LogP contribution in [0.3, 0.4) is 0 Å². The van der Waals surface area contributed by atoms with Crippen LogP contribution in [-0.4, -0.2) is 68.1 Å². The lowest BCUT2D eigenvalue weighted by atomic mass is 9.98. The molecule has 0 aromatic heterocycles. The van der Waals surface area contributed by atoms with E-state index in [-0.39, 0.29) is 17.8 Å². The van der Waals surface area contributed by atoms with Gasteiger partial charge in [0.25, 0.3) is 5.91 Å². The summed E-state index contributed by atoms with van der Waals surface area (Å²) in [5.74, 6) is 0.329. The Morgan fingerprint density at radius 2 is 1.61 bits per heavy atom. The molecule has 1 saturated heterocycles. The minimum absolute atomic E-state index is 0.0735. The lowest BCUT2D eigenvalue weighted by molar-refractivity contribution is -0.145. The zero-order valence-corrected chi connectivity index (χ0v) is 19.2. The van der Waals surface area contributed by atoms with Crippen LogP contribution in [0.5, 0.6) is 5.75 Å². The molecule has 1 atom stereocenters. The molecule has 3 aromatic rings. The molecule has 0 radical (unpaired) electrons. The van der Waals surface area contributed by atoms with Gasteiger partial charge in [0.1, 0.15) is 12.4 Å². The first-order valence-electron chi connectivity index (χ1n) is 11.4. The molecule has 33 heavy (non-hydrogen) atoms. The number of amides is 1. The number of fused-ring (bicyclic) bond motifs is 1. The summed E-state index contributed by atoms with van der Waals surface area (Å²) in [5.41, 5.74) is 1.66. The molecule has 6 heteroatoms. The molecule has 4 rings (SSSR count). The molecule has 0 aliphatic carbocycles. The van der Waals surface area contributed by atoms with E-state index in [4.69, 9.17) is 9.47 Å². The second-order valence-electron chi connectivity index (χ2n) is 8.36. The van der Waals surface area contributed by atoms with Crippen LogP contribution < -0.4 is 4.74 Å². The van der Waals surface area contributed by atoms with E-state index in [0.717, 1.165) is 40.7 Å². The van der Waals surface area contributed by atoms with E-state index >= 15 is 0 Å². The number of hydrogen-bond acceptors (Lipinski definition) is 5. The highest BCUT2D eigenvalue weighted by molar-refractivity contribution is 5.94. The van der Waals surface area contributed by atoms with Crippen LogP contribution in [0.25, 0.3) is 10.8 Å². The van der Waals surface area contributed by atoms with E-state index in [1.807, 2.05) is 78.6 Å². The molecule has 3 aromatic carbocycles. The molecular weight excluding hydrogens is 416 g/mol. The van der Waals surface area contributed by atoms with Crippen molar-refractivity contribution in [2.75, 3.05) is 46.4 Å². The molecule has 1 amide bonds. The van der Waals surface area contributed by atoms with Crippen molar-refractivity contribution < 1.29 is 19.1 Å². The lowest BCUT2D eigenvalue weighted by Gasteiger charge is -2.34. The van der Waals surface area contributed by atoms with Gasteiger partial charge in [0.05, 0.1) is 13.0 Å². The maximum atomic E-state index is 12.6. The van der Waals surface area contributed by atoms with Crippen molar-refractivity contribution in [3.63, 3.8) is 0 Å². The van der Waals surface area contributed by atoms with E-state index in [1.165, 1.54) is 0 Å². The third-order valence-electron chi connectivity index (χ3n) is 6.26. The van der Waals surface area contributed by atoms with Crippen LogP contribution in [-0.2, 0) is 9.53 Å². The van der Waals surface area contributed by atoms with Crippen molar-refractivity contribution in [3.8, 4) is 5.75 Å². The van der Waals surface area contributed by atoms with E-state index < -0.39 is 0 Å². The summed E-state index contributed by atoms with van der Waals surface area (Å²) in [6.45, 7) is 5.81. The van der Waals surface area contributed by atoms with Gasteiger partial charge in [-0.3, -0.25) is 14.5 Å². The maximum Gasteiger partial charge on any atom is 0.313 e. The van der Waals surface area contributed by atoms with Gasteiger partial charge in [-0.2, -0.15) is 0 Å². The first kappa shape index (κ1) is 22.8. The first-order valence-corrected chi connectivity index (χ1v) is 11.4. The Morgan fingerprint density at radius 3 is 2.33 bits per heavy atom. The standard InChI is InChI=1S/C27H30N2O4/c1-20(22-8-9-24-19-25(32-2)11-10-23(24)18-22)27(31)33-17-16-28-12-14-29(15-13-28)26(30)21-6-4-3-5-7-21/h3-11,18-20H,12-17H2,1-2H3/t20-/m0/s1. The third kappa shape index (κ3) is 5.52. The average molecular weight is 447 g/mol. The van der Waals surface area contributed by atoms with Gasteiger partial charge in [0.2, 0.25) is 0 Å². The fourth-order valence-corrected chi connectivity index (χ4v) is 4.11. The molecule has 1 fully saturated rings. The summed E-state index contributed by atoms with van der Waals surface area (Å²) in [4.78, 5) is 29.3. The van der Waals surface area contributed by atoms with Crippen LogP contribution in [0.15, 0.2) is 66.7 Å². The summed E-state index contributed by atoms with van der Waals surface area (Å²) in [6.07, 6.45) is 0. The highest BCUT2D eigenvalue weighted by atomic mass is 16.5. The average Bonchev–Trinajstić information content (AvgIpc) is 2.88. The number of benzene rings is 3. The molecule has 1 heterocycles. The van der Waals surface area contributed by atoms with Crippen LogP contribution in [0.2, 0.25) is 0 Å². The maximum absolute atomic E-state index is 12.6. The number of carbonyl (C=O) groups is 2. The van der Waals surface area contributed by atoms with Gasteiger partial charge in [0, 0.05) is 38.3 Å². The molecule has 0 bridgehead atoms. The highest BCUT2D eigenvalue weighted by Crippen LogP contribution is 2.25. The van der Waals surface area contributed by atoms with Crippen LogP contribution >= 0.6 is 0 Å². The monoisotopic (exact) mass is 446 g/mol. The minimum atomic E-state index is -0.336. The number of piperazine rings is 1. The van der Waals surface area contributed by atoms with Crippen molar-refractivity contribution in [1.29, 1.82) is 0 Å². The lowest BCUT2D eigenvalue weighted by Crippen LogP contribution is -2.49. The number of rotatable bonds is 7. The summed E-state index contributed by atoms with van der Waals surface area (Å²) >= 11 is 0. The second kappa shape index (κ2) is 10.5. The molecule has 1 aliphatic heterocycles. The van der Waals surface area contributed by atoms with Gasteiger partial charge >= 0.3 is 5.97 Å². The summed E-state index contributed by atoms with van der Waals surface area (Å²) in [5, 5.41) is 2.14. The number of hydrogen-bond donors (Lipinski definition) is 0. The molecule has 1 aliphatic rings. The summed E-state index contributed by atoms with van der Waals surface area (Å²) < 4.78 is 10.8. The van der Waals surface area contributed by atoms with Crippen molar-refractivity contribution in [2.24, 2.45) is 0 Å². The topological polar surface area (TPSA) is 59.1 Å². The number of methoxy groups -OCH3 is 1. The largest absolute Gasteiger partial charge is 0.497 e. The number of esters is 1. The Bertz CT molecular complexity index is 1110. The number of ether oxygens (including phenoxy) is 2. The normalized spacial score (nSPS) is 15.3. The quantitative estimate of drug-likeness (QED) is 0.515. The van der Waals surface area contributed by atoms with Crippen molar-refractivity contribution in [2.45, 2.75) is 12.8 Å². The predicted octanol–water partition coefficient (Wildman–Crippen LogP) is 3.95. The first-order chi connectivity index (χ1) is 16.0.